The first-order valence-electron chi connectivity index (χ1n) is 3.92. The smallest absolute Gasteiger partial charge is 0.288 e. The Morgan fingerprint density at radius 3 is 3.07 bits per heavy atom. The van der Waals surface area contributed by atoms with E-state index in [0.29, 0.717) is 11.4 Å². The van der Waals surface area contributed by atoms with Crippen molar-refractivity contribution in [3.05, 3.63) is 30.0 Å². The molecule has 1 aliphatic rings. The molecule has 0 spiro atoms. The van der Waals surface area contributed by atoms with Crippen molar-refractivity contribution in [2.45, 2.75) is 0 Å². The molecule has 14 heavy (non-hydrogen) atoms. The molecule has 0 radical (unpaired) electrons. The van der Waals surface area contributed by atoms with Crippen LogP contribution in [-0.4, -0.2) is 22.2 Å². The van der Waals surface area contributed by atoms with E-state index in [1.165, 1.54) is 12.7 Å². The molecule has 0 aliphatic carbocycles. The van der Waals surface area contributed by atoms with Gasteiger partial charge in [-0.2, -0.15) is 0 Å². The summed E-state index contributed by atoms with van der Waals surface area (Å²) in [4.78, 5) is 22.8. The van der Waals surface area contributed by atoms with Gasteiger partial charge in [-0.15, -0.1) is 0 Å². The monoisotopic (exact) mass is 189 g/mol. The second kappa shape index (κ2) is 3.65. The lowest BCUT2D eigenvalue weighted by atomic mass is 10.3. The fraction of sp³-hybridized carbons (Fsp3) is 0. The van der Waals surface area contributed by atoms with Gasteiger partial charge in [-0.25, -0.2) is 15.0 Å². The zero-order valence-corrected chi connectivity index (χ0v) is 7.14. The molecular formula is C8H7N5O. The molecule has 1 aliphatic heterocycles. The molecule has 1 aromatic heterocycles. The van der Waals surface area contributed by atoms with E-state index in [2.05, 4.69) is 25.8 Å². The maximum atomic E-state index is 11.2. The second-order valence-corrected chi connectivity index (χ2v) is 2.52. The van der Waals surface area contributed by atoms with E-state index in [1.54, 1.807) is 18.3 Å². The van der Waals surface area contributed by atoms with Crippen LogP contribution in [0.2, 0.25) is 0 Å². The minimum atomic E-state index is -0.286. The molecule has 2 heterocycles. The topological polar surface area (TPSA) is 79.3 Å². The summed E-state index contributed by atoms with van der Waals surface area (Å²) in [6.45, 7) is 0. The van der Waals surface area contributed by atoms with Gasteiger partial charge in [-0.05, 0) is 12.1 Å². The van der Waals surface area contributed by atoms with Crippen molar-refractivity contribution in [3.63, 3.8) is 0 Å². The number of nitrogens with zero attached hydrogens (tertiary/aromatic N) is 3. The van der Waals surface area contributed by atoms with Gasteiger partial charge in [0.2, 0.25) is 0 Å². The molecule has 70 valence electrons. The van der Waals surface area contributed by atoms with Crippen molar-refractivity contribution in [2.24, 2.45) is 4.99 Å². The molecule has 0 saturated heterocycles. The predicted molar refractivity (Wildman–Crippen MR) is 49.8 cm³/mol. The lowest BCUT2D eigenvalue weighted by Crippen LogP contribution is -2.40. The number of hydrogen-bond acceptors (Lipinski definition) is 5. The van der Waals surface area contributed by atoms with Gasteiger partial charge < -0.3 is 0 Å². The Bertz CT molecular complexity index is 397. The molecule has 0 atom stereocenters. The molecule has 2 rings (SSSR count). The first-order valence-corrected chi connectivity index (χ1v) is 3.92. The van der Waals surface area contributed by atoms with E-state index in [9.17, 15) is 4.79 Å². The number of rotatable bonds is 1. The van der Waals surface area contributed by atoms with Crippen molar-refractivity contribution in [1.82, 2.24) is 20.8 Å². The third kappa shape index (κ3) is 1.74. The predicted octanol–water partition coefficient (Wildman–Crippen LogP) is -0.520. The lowest BCUT2D eigenvalue weighted by Gasteiger charge is -2.08. The van der Waals surface area contributed by atoms with Crippen LogP contribution in [-0.2, 0) is 4.79 Å². The lowest BCUT2D eigenvalue weighted by molar-refractivity contribution is -0.118. The van der Waals surface area contributed by atoms with Crippen LogP contribution in [0.25, 0.3) is 6.08 Å². The average Bonchev–Trinajstić information content (AvgIpc) is 2.23. The molecule has 2 N–H and O–H groups in total. The Balaban J connectivity index is 2.30. The molecule has 0 unspecified atom stereocenters. The van der Waals surface area contributed by atoms with Crippen molar-refractivity contribution < 1.29 is 4.79 Å². The molecule has 6 heteroatoms. The summed E-state index contributed by atoms with van der Waals surface area (Å²) < 4.78 is 0. The van der Waals surface area contributed by atoms with Crippen LogP contribution in [0.3, 0.4) is 0 Å². The number of carbonyl (C=O) groups is 1. The van der Waals surface area contributed by atoms with E-state index < -0.39 is 0 Å². The summed E-state index contributed by atoms with van der Waals surface area (Å²) >= 11 is 0. The van der Waals surface area contributed by atoms with Gasteiger partial charge >= 0.3 is 0 Å². The van der Waals surface area contributed by atoms with Crippen LogP contribution in [0.1, 0.15) is 5.69 Å². The number of aromatic nitrogens is 2. The maximum Gasteiger partial charge on any atom is 0.288 e. The fourth-order valence-corrected chi connectivity index (χ4v) is 0.951. The largest absolute Gasteiger partial charge is 0.288 e. The third-order valence-electron chi connectivity index (χ3n) is 1.58. The highest BCUT2D eigenvalue weighted by Crippen LogP contribution is 2.04. The second-order valence-electron chi connectivity index (χ2n) is 2.52. The number of carbonyl (C=O) groups excluding carboxylic acids is 1. The Morgan fingerprint density at radius 2 is 2.36 bits per heavy atom. The average molecular weight is 189 g/mol. The minimum Gasteiger partial charge on any atom is -0.288 e. The van der Waals surface area contributed by atoms with Gasteiger partial charge in [0.15, 0.2) is 0 Å². The van der Waals surface area contributed by atoms with Gasteiger partial charge in [0.05, 0.1) is 5.69 Å². The van der Waals surface area contributed by atoms with E-state index >= 15 is 0 Å². The Morgan fingerprint density at radius 1 is 1.43 bits per heavy atom. The summed E-state index contributed by atoms with van der Waals surface area (Å²) in [5.41, 5.74) is 5.84. The SMILES string of the molecule is O=C1NNC=N/C1=C/c1ccncn1. The van der Waals surface area contributed by atoms with Crippen LogP contribution in [0.5, 0.6) is 0 Å². The highest BCUT2D eigenvalue weighted by molar-refractivity contribution is 6.00. The number of hydrazine groups is 1. The van der Waals surface area contributed by atoms with Crippen LogP contribution in [0.15, 0.2) is 29.3 Å². The molecule has 0 saturated carbocycles. The van der Waals surface area contributed by atoms with E-state index in [-0.39, 0.29) is 5.91 Å². The molecule has 0 fully saturated rings. The van der Waals surface area contributed by atoms with Crippen molar-refractivity contribution >= 4 is 18.3 Å². The highest BCUT2D eigenvalue weighted by Gasteiger charge is 2.10. The summed E-state index contributed by atoms with van der Waals surface area (Å²) in [5.74, 6) is -0.286. The number of amides is 1. The van der Waals surface area contributed by atoms with Gasteiger partial charge in [0.25, 0.3) is 5.91 Å². The number of hydrogen-bond donors (Lipinski definition) is 2. The first-order chi connectivity index (χ1) is 6.86. The van der Waals surface area contributed by atoms with Gasteiger partial charge in [-0.1, -0.05) is 0 Å². The maximum absolute atomic E-state index is 11.2. The molecule has 1 aromatic rings. The van der Waals surface area contributed by atoms with Gasteiger partial charge in [0.1, 0.15) is 18.4 Å². The van der Waals surface area contributed by atoms with E-state index in [0.717, 1.165) is 0 Å². The minimum absolute atomic E-state index is 0.286. The van der Waals surface area contributed by atoms with Crippen LogP contribution < -0.4 is 10.9 Å². The Labute approximate surface area is 79.8 Å². The Hall–Kier alpha value is -2.24. The highest BCUT2D eigenvalue weighted by atomic mass is 16.2. The molecular weight excluding hydrogens is 182 g/mol. The molecule has 0 bridgehead atoms. The zero-order chi connectivity index (χ0) is 9.80. The normalized spacial score (nSPS) is 17.7. The Kier molecular flexibility index (Phi) is 2.18. The fourth-order valence-electron chi connectivity index (χ4n) is 0.951. The molecule has 1 amide bonds. The molecule has 0 aromatic carbocycles. The summed E-state index contributed by atoms with van der Waals surface area (Å²) in [7, 11) is 0. The first kappa shape index (κ1) is 8.36. The number of nitrogens with one attached hydrogen (secondary N) is 2. The van der Waals surface area contributed by atoms with Crippen LogP contribution in [0.4, 0.5) is 0 Å². The van der Waals surface area contributed by atoms with Gasteiger partial charge in [0, 0.05) is 6.20 Å². The number of aliphatic imine (C=N–C) groups is 1. The standard InChI is InChI=1S/C8H7N5O/c14-8-7(11-5-12-13-8)3-6-1-2-9-4-10-6/h1-5H,(H,11,12)(H,13,14)/b7-3+. The van der Waals surface area contributed by atoms with Gasteiger partial charge in [-0.3, -0.25) is 15.6 Å². The molecule has 6 nitrogen and oxygen atoms in total. The van der Waals surface area contributed by atoms with Crippen LogP contribution >= 0.6 is 0 Å². The zero-order valence-electron chi connectivity index (χ0n) is 7.14. The summed E-state index contributed by atoms with van der Waals surface area (Å²) in [5, 5.41) is 0. The van der Waals surface area contributed by atoms with Crippen molar-refractivity contribution in [2.75, 3.05) is 0 Å². The van der Waals surface area contributed by atoms with Crippen molar-refractivity contribution in [1.29, 1.82) is 0 Å². The van der Waals surface area contributed by atoms with E-state index in [1.807, 2.05) is 0 Å². The van der Waals surface area contributed by atoms with E-state index in [4.69, 9.17) is 0 Å². The summed E-state index contributed by atoms with van der Waals surface area (Å²) in [6.07, 6.45) is 5.99. The third-order valence-corrected chi connectivity index (χ3v) is 1.58. The van der Waals surface area contributed by atoms with Crippen LogP contribution in [0, 0.1) is 0 Å². The van der Waals surface area contributed by atoms with Crippen molar-refractivity contribution in [3.8, 4) is 0 Å². The summed E-state index contributed by atoms with van der Waals surface area (Å²) in [6, 6.07) is 1.69. The quantitative estimate of drug-likeness (QED) is 0.582.